The number of carboxylic acids is 1. The Kier molecular flexibility index (Phi) is 9.08. The van der Waals surface area contributed by atoms with Crippen LogP contribution in [0, 0.1) is 6.92 Å². The molecule has 39 heavy (non-hydrogen) atoms. The number of aryl methyl sites for hydroxylation is 1. The highest BCUT2D eigenvalue weighted by molar-refractivity contribution is 5.90. The number of hydrogen-bond donors (Lipinski definition) is 3. The first-order valence-corrected chi connectivity index (χ1v) is 11.1. The molecule has 0 atom stereocenters. The van der Waals surface area contributed by atoms with Crippen LogP contribution in [0.15, 0.2) is 35.1 Å². The van der Waals surface area contributed by atoms with Crippen LogP contribution in [0.2, 0.25) is 0 Å². The van der Waals surface area contributed by atoms with Gasteiger partial charge in [0.2, 0.25) is 11.9 Å². The quantitative estimate of drug-likeness (QED) is 0.275. The van der Waals surface area contributed by atoms with E-state index in [9.17, 15) is 18.0 Å². The van der Waals surface area contributed by atoms with Crippen molar-refractivity contribution in [1.29, 1.82) is 0 Å². The molecular weight excluding hydrogens is 527 g/mol. The molecule has 0 saturated carbocycles. The van der Waals surface area contributed by atoms with E-state index < -0.39 is 12.1 Å². The standard InChI is InChI=1S/C22H23N5O5.C2HF3O2/c1-12-13-8-9-16(31-4)19(32-11-10-29-2)18(13)25-21(23-12)27-22-24-17-14(20(28)26-22)6-5-7-15(17)30-3;3-2(4,5)1(6)7/h5-9H,10-11H2,1-4H3,(H2,23,24,25,26,27,28);(H,6,7). The number of fused-ring (bicyclic) bond motifs is 2. The predicted octanol–water partition coefficient (Wildman–Crippen LogP) is 3.59. The van der Waals surface area contributed by atoms with Crippen molar-refractivity contribution < 1.29 is 42.0 Å². The lowest BCUT2D eigenvalue weighted by Crippen LogP contribution is -2.21. The second-order valence-electron chi connectivity index (χ2n) is 7.67. The molecule has 12 nitrogen and oxygen atoms in total. The molecule has 0 amide bonds. The van der Waals surface area contributed by atoms with Crippen LogP contribution in [0.3, 0.4) is 0 Å². The molecule has 0 aliphatic heterocycles. The van der Waals surface area contributed by atoms with Gasteiger partial charge in [0.05, 0.1) is 31.9 Å². The number of aliphatic carboxylic acids is 1. The number of carboxylic acid groups (broad SMARTS) is 1. The van der Waals surface area contributed by atoms with Gasteiger partial charge in [0.25, 0.3) is 5.56 Å². The number of hydrogen-bond acceptors (Lipinski definition) is 10. The van der Waals surface area contributed by atoms with E-state index in [0.29, 0.717) is 46.9 Å². The van der Waals surface area contributed by atoms with Gasteiger partial charge in [-0.1, -0.05) is 6.07 Å². The average molecular weight is 551 g/mol. The summed E-state index contributed by atoms with van der Waals surface area (Å²) in [6.45, 7) is 2.61. The summed E-state index contributed by atoms with van der Waals surface area (Å²) in [6.07, 6.45) is -5.08. The molecule has 4 aromatic rings. The molecule has 0 aliphatic carbocycles. The van der Waals surface area contributed by atoms with Gasteiger partial charge in [-0.3, -0.25) is 15.1 Å². The van der Waals surface area contributed by atoms with Crippen molar-refractivity contribution in [2.45, 2.75) is 13.1 Å². The number of methoxy groups -OCH3 is 3. The Bertz CT molecular complexity index is 1540. The summed E-state index contributed by atoms with van der Waals surface area (Å²) in [6, 6.07) is 8.84. The lowest BCUT2D eigenvalue weighted by Gasteiger charge is -2.14. The van der Waals surface area contributed by atoms with E-state index in [1.807, 2.05) is 19.1 Å². The zero-order valence-corrected chi connectivity index (χ0v) is 21.2. The molecule has 0 spiro atoms. The van der Waals surface area contributed by atoms with Crippen molar-refractivity contribution in [1.82, 2.24) is 19.9 Å². The summed E-state index contributed by atoms with van der Waals surface area (Å²) >= 11 is 0. The summed E-state index contributed by atoms with van der Waals surface area (Å²) in [4.78, 5) is 37.7. The molecular formula is C24H24F3N5O7. The maximum absolute atomic E-state index is 12.5. The van der Waals surface area contributed by atoms with Crippen molar-refractivity contribution in [3.05, 3.63) is 46.4 Å². The summed E-state index contributed by atoms with van der Waals surface area (Å²) in [5.74, 6) is -0.803. The molecule has 0 fully saturated rings. The maximum atomic E-state index is 12.5. The molecule has 4 rings (SSSR count). The molecule has 0 radical (unpaired) electrons. The van der Waals surface area contributed by atoms with Gasteiger partial charge in [0, 0.05) is 12.5 Å². The number of benzene rings is 2. The number of aromatic amines is 1. The SMILES string of the molecule is COCCOc1c(OC)ccc2c(C)nc(Nc3nc4c(OC)cccc4c(=O)[nH]3)nc12.O=C(O)C(F)(F)F. The van der Waals surface area contributed by atoms with E-state index >= 15 is 0 Å². The van der Waals surface area contributed by atoms with Crippen molar-refractivity contribution in [2.24, 2.45) is 0 Å². The van der Waals surface area contributed by atoms with Crippen molar-refractivity contribution in [3.63, 3.8) is 0 Å². The summed E-state index contributed by atoms with van der Waals surface area (Å²) < 4.78 is 53.5. The van der Waals surface area contributed by atoms with Gasteiger partial charge < -0.3 is 24.1 Å². The molecule has 2 aromatic heterocycles. The van der Waals surface area contributed by atoms with E-state index in [0.717, 1.165) is 11.1 Å². The minimum Gasteiger partial charge on any atom is -0.494 e. The zero-order chi connectivity index (χ0) is 28.7. The van der Waals surface area contributed by atoms with E-state index in [1.54, 1.807) is 32.4 Å². The topological polar surface area (TPSA) is 158 Å². The Balaban J connectivity index is 0.000000532. The first kappa shape index (κ1) is 28.9. The highest BCUT2D eigenvalue weighted by Gasteiger charge is 2.38. The fourth-order valence-electron chi connectivity index (χ4n) is 3.35. The smallest absolute Gasteiger partial charge is 0.490 e. The number of rotatable bonds is 8. The largest absolute Gasteiger partial charge is 0.494 e. The number of alkyl halides is 3. The zero-order valence-electron chi connectivity index (χ0n) is 21.2. The summed E-state index contributed by atoms with van der Waals surface area (Å²) in [5, 5.41) is 11.3. The highest BCUT2D eigenvalue weighted by atomic mass is 19.4. The number of para-hydroxylation sites is 1. The Labute approximate surface area is 218 Å². The van der Waals surface area contributed by atoms with E-state index in [1.165, 1.54) is 7.11 Å². The molecule has 0 aliphatic rings. The van der Waals surface area contributed by atoms with Crippen molar-refractivity contribution >= 4 is 39.7 Å². The number of nitrogens with zero attached hydrogens (tertiary/aromatic N) is 3. The fraction of sp³-hybridized carbons (Fsp3) is 0.292. The van der Waals surface area contributed by atoms with Gasteiger partial charge in [0.1, 0.15) is 23.4 Å². The monoisotopic (exact) mass is 551 g/mol. The van der Waals surface area contributed by atoms with Crippen molar-refractivity contribution in [2.75, 3.05) is 39.9 Å². The summed E-state index contributed by atoms with van der Waals surface area (Å²) in [7, 11) is 4.69. The number of H-pyrrole nitrogens is 1. The molecule has 208 valence electrons. The van der Waals surface area contributed by atoms with E-state index in [-0.39, 0.29) is 17.5 Å². The normalized spacial score (nSPS) is 11.1. The molecule has 2 aromatic carbocycles. The second-order valence-corrected chi connectivity index (χ2v) is 7.67. The molecule has 0 unspecified atom stereocenters. The third-order valence-corrected chi connectivity index (χ3v) is 5.12. The minimum absolute atomic E-state index is 0.190. The Morgan fingerprint density at radius 3 is 2.28 bits per heavy atom. The van der Waals surface area contributed by atoms with Crippen molar-refractivity contribution in [3.8, 4) is 17.2 Å². The second kappa shape index (κ2) is 12.3. The van der Waals surface area contributed by atoms with Gasteiger partial charge in [-0.05, 0) is 31.2 Å². The Morgan fingerprint density at radius 1 is 0.974 bits per heavy atom. The van der Waals surface area contributed by atoms with Crippen LogP contribution < -0.4 is 25.1 Å². The number of nitrogens with one attached hydrogen (secondary N) is 2. The van der Waals surface area contributed by atoms with Gasteiger partial charge in [-0.25, -0.2) is 19.7 Å². The first-order valence-electron chi connectivity index (χ1n) is 11.1. The van der Waals surface area contributed by atoms with Crippen LogP contribution in [0.1, 0.15) is 5.69 Å². The highest BCUT2D eigenvalue weighted by Crippen LogP contribution is 2.36. The van der Waals surface area contributed by atoms with Crippen LogP contribution in [0.25, 0.3) is 21.8 Å². The molecule has 2 heterocycles. The number of halogens is 3. The van der Waals surface area contributed by atoms with Gasteiger partial charge in [-0.2, -0.15) is 13.2 Å². The fourth-order valence-corrected chi connectivity index (χ4v) is 3.35. The van der Waals surface area contributed by atoms with Gasteiger partial charge in [0.15, 0.2) is 11.5 Å². The maximum Gasteiger partial charge on any atom is 0.490 e. The van der Waals surface area contributed by atoms with Crippen LogP contribution in [-0.2, 0) is 9.53 Å². The number of carbonyl (C=O) groups is 1. The minimum atomic E-state index is -5.08. The van der Waals surface area contributed by atoms with E-state index in [4.69, 9.17) is 28.8 Å². The van der Waals surface area contributed by atoms with Gasteiger partial charge >= 0.3 is 12.1 Å². The molecule has 15 heteroatoms. The van der Waals surface area contributed by atoms with E-state index in [2.05, 4.69) is 25.3 Å². The van der Waals surface area contributed by atoms with Crippen LogP contribution in [-0.4, -0.2) is 71.7 Å². The number of anilines is 2. The third kappa shape index (κ3) is 6.81. The lowest BCUT2D eigenvalue weighted by atomic mass is 10.1. The Hall–Kier alpha value is -4.66. The predicted molar refractivity (Wildman–Crippen MR) is 134 cm³/mol. The first-order chi connectivity index (χ1) is 18.5. The van der Waals surface area contributed by atoms with Crippen LogP contribution >= 0.6 is 0 Å². The number of ether oxygens (including phenoxy) is 4. The third-order valence-electron chi connectivity index (χ3n) is 5.12. The lowest BCUT2D eigenvalue weighted by molar-refractivity contribution is -0.192. The molecule has 0 bridgehead atoms. The molecule has 0 saturated heterocycles. The Morgan fingerprint density at radius 2 is 1.67 bits per heavy atom. The summed E-state index contributed by atoms with van der Waals surface area (Å²) in [5.41, 5.74) is 1.41. The van der Waals surface area contributed by atoms with Crippen LogP contribution in [0.4, 0.5) is 25.1 Å². The molecule has 3 N–H and O–H groups in total. The average Bonchev–Trinajstić information content (AvgIpc) is 2.88. The number of aromatic nitrogens is 4. The van der Waals surface area contributed by atoms with Crippen LogP contribution in [0.5, 0.6) is 17.2 Å². The van der Waals surface area contributed by atoms with Gasteiger partial charge in [-0.15, -0.1) is 0 Å².